The van der Waals surface area contributed by atoms with Crippen molar-refractivity contribution in [2.75, 3.05) is 13.6 Å². The van der Waals surface area contributed by atoms with E-state index in [9.17, 15) is 13.2 Å². The number of rotatable bonds is 8. The van der Waals surface area contributed by atoms with E-state index < -0.39 is 10.0 Å². The highest BCUT2D eigenvalue weighted by molar-refractivity contribution is 7.89. The van der Waals surface area contributed by atoms with Crippen molar-refractivity contribution in [1.82, 2.24) is 9.62 Å². The van der Waals surface area contributed by atoms with Crippen LogP contribution >= 0.6 is 0 Å². The first-order chi connectivity index (χ1) is 14.0. The van der Waals surface area contributed by atoms with Crippen molar-refractivity contribution < 1.29 is 13.2 Å². The summed E-state index contributed by atoms with van der Waals surface area (Å²) in [5.41, 5.74) is 2.67. The number of nitrogens with zero attached hydrogens (tertiary/aromatic N) is 1. The molecule has 3 rings (SSSR count). The number of carbonyl (C=O) groups is 1. The van der Waals surface area contributed by atoms with Gasteiger partial charge in [-0.15, -0.1) is 0 Å². The Kier molecular flexibility index (Phi) is 6.80. The van der Waals surface area contributed by atoms with Gasteiger partial charge < -0.3 is 4.90 Å². The van der Waals surface area contributed by atoms with E-state index in [-0.39, 0.29) is 10.8 Å². The largest absolute Gasteiger partial charge is 0.334 e. The van der Waals surface area contributed by atoms with Gasteiger partial charge >= 0.3 is 0 Å². The molecule has 0 aliphatic rings. The molecule has 6 heteroatoms. The number of hydrogen-bond acceptors (Lipinski definition) is 3. The summed E-state index contributed by atoms with van der Waals surface area (Å²) in [6, 6.07) is 25.9. The highest BCUT2D eigenvalue weighted by Crippen LogP contribution is 2.15. The molecule has 0 spiro atoms. The fraction of sp³-hybridized carbons (Fsp3) is 0.174. The maximum atomic E-state index is 13.2. The van der Waals surface area contributed by atoms with Crippen LogP contribution in [0.15, 0.2) is 89.8 Å². The Balaban J connectivity index is 1.81. The summed E-state index contributed by atoms with van der Waals surface area (Å²) in [6.07, 6.45) is 0.742. The molecule has 0 aromatic heterocycles. The number of amides is 1. The fourth-order valence-electron chi connectivity index (χ4n) is 3.04. The van der Waals surface area contributed by atoms with Crippen LogP contribution in [0.25, 0.3) is 0 Å². The molecule has 0 unspecified atom stereocenters. The van der Waals surface area contributed by atoms with E-state index in [0.717, 1.165) is 17.5 Å². The second-order valence-electron chi connectivity index (χ2n) is 6.68. The van der Waals surface area contributed by atoms with Crippen molar-refractivity contribution in [2.24, 2.45) is 0 Å². The van der Waals surface area contributed by atoms with Crippen LogP contribution in [0.4, 0.5) is 0 Å². The molecule has 0 atom stereocenters. The molecular formula is C23H24N2O3S. The monoisotopic (exact) mass is 408 g/mol. The minimum Gasteiger partial charge on any atom is -0.334 e. The summed E-state index contributed by atoms with van der Waals surface area (Å²) in [5.74, 6) is -0.127. The van der Waals surface area contributed by atoms with Gasteiger partial charge in [-0.3, -0.25) is 4.79 Å². The van der Waals surface area contributed by atoms with E-state index in [1.807, 2.05) is 60.7 Å². The highest BCUT2D eigenvalue weighted by Gasteiger charge is 2.18. The smallest absolute Gasteiger partial charge is 0.254 e. The van der Waals surface area contributed by atoms with Crippen LogP contribution in [-0.4, -0.2) is 32.8 Å². The molecular weight excluding hydrogens is 384 g/mol. The van der Waals surface area contributed by atoms with Gasteiger partial charge in [0, 0.05) is 18.7 Å². The third kappa shape index (κ3) is 5.53. The molecule has 0 heterocycles. The number of sulfonamides is 1. The zero-order valence-electron chi connectivity index (χ0n) is 16.3. The topological polar surface area (TPSA) is 66.5 Å². The molecule has 3 aromatic carbocycles. The molecule has 5 nitrogen and oxygen atoms in total. The van der Waals surface area contributed by atoms with Crippen molar-refractivity contribution in [3.63, 3.8) is 0 Å². The molecule has 0 radical (unpaired) electrons. The molecule has 1 N–H and O–H groups in total. The summed E-state index contributed by atoms with van der Waals surface area (Å²) in [6.45, 7) is 1.05. The summed E-state index contributed by atoms with van der Waals surface area (Å²) in [7, 11) is -2.17. The molecule has 150 valence electrons. The molecule has 29 heavy (non-hydrogen) atoms. The first-order valence-corrected chi connectivity index (χ1v) is 10.9. The predicted octanol–water partition coefficient (Wildman–Crippen LogP) is 3.48. The van der Waals surface area contributed by atoms with Crippen molar-refractivity contribution in [1.29, 1.82) is 0 Å². The van der Waals surface area contributed by atoms with Crippen LogP contribution in [0, 0.1) is 0 Å². The Labute approximate surface area is 172 Å². The highest BCUT2D eigenvalue weighted by atomic mass is 32.2. The van der Waals surface area contributed by atoms with Crippen molar-refractivity contribution in [3.8, 4) is 0 Å². The number of hydrogen-bond donors (Lipinski definition) is 1. The lowest BCUT2D eigenvalue weighted by atomic mass is 10.1. The fourth-order valence-corrected chi connectivity index (χ4v) is 3.77. The lowest BCUT2D eigenvalue weighted by Crippen LogP contribution is -2.32. The third-order valence-electron chi connectivity index (χ3n) is 4.70. The van der Waals surface area contributed by atoms with E-state index in [4.69, 9.17) is 0 Å². The summed E-state index contributed by atoms with van der Waals surface area (Å²) < 4.78 is 26.1. The van der Waals surface area contributed by atoms with Crippen molar-refractivity contribution in [3.05, 3.63) is 102 Å². The van der Waals surface area contributed by atoms with E-state index in [1.165, 1.54) is 19.2 Å². The molecule has 0 bridgehead atoms. The van der Waals surface area contributed by atoms with Crippen LogP contribution in [0.3, 0.4) is 0 Å². The number of benzene rings is 3. The second kappa shape index (κ2) is 9.49. The average molecular weight is 409 g/mol. The lowest BCUT2D eigenvalue weighted by Gasteiger charge is -2.23. The van der Waals surface area contributed by atoms with E-state index >= 15 is 0 Å². The first-order valence-electron chi connectivity index (χ1n) is 9.40. The van der Waals surface area contributed by atoms with Crippen LogP contribution in [0.1, 0.15) is 21.5 Å². The van der Waals surface area contributed by atoms with Gasteiger partial charge in [0.05, 0.1) is 4.90 Å². The average Bonchev–Trinajstić information content (AvgIpc) is 2.77. The summed E-state index contributed by atoms with van der Waals surface area (Å²) in [5, 5.41) is 0. The van der Waals surface area contributed by atoms with Crippen LogP contribution in [0.5, 0.6) is 0 Å². The predicted molar refractivity (Wildman–Crippen MR) is 114 cm³/mol. The summed E-state index contributed by atoms with van der Waals surface area (Å²) in [4.78, 5) is 15.1. The third-order valence-corrected chi connectivity index (χ3v) is 6.13. The van der Waals surface area contributed by atoms with Gasteiger partial charge in [0.1, 0.15) is 0 Å². The maximum absolute atomic E-state index is 13.2. The Morgan fingerprint density at radius 3 is 1.93 bits per heavy atom. The first kappa shape index (κ1) is 20.8. The Morgan fingerprint density at radius 1 is 0.828 bits per heavy atom. The number of carbonyl (C=O) groups excluding carboxylic acids is 1. The zero-order valence-corrected chi connectivity index (χ0v) is 17.1. The number of nitrogens with one attached hydrogen (secondary N) is 1. The van der Waals surface area contributed by atoms with E-state index in [2.05, 4.69) is 4.72 Å². The minimum absolute atomic E-state index is 0.127. The van der Waals surface area contributed by atoms with Gasteiger partial charge in [-0.1, -0.05) is 60.7 Å². The SMILES string of the molecule is CNS(=O)(=O)c1ccc(C(=O)N(CCc2ccccc2)Cc2ccccc2)cc1. The van der Waals surface area contributed by atoms with Gasteiger partial charge in [0.2, 0.25) is 10.0 Å². The van der Waals surface area contributed by atoms with Crippen molar-refractivity contribution in [2.45, 2.75) is 17.9 Å². The van der Waals surface area contributed by atoms with Gasteiger partial charge in [0.25, 0.3) is 5.91 Å². The minimum atomic E-state index is -3.53. The molecule has 0 aliphatic heterocycles. The van der Waals surface area contributed by atoms with Gasteiger partial charge in [-0.2, -0.15) is 0 Å². The molecule has 0 fully saturated rings. The molecule has 1 amide bonds. The molecule has 3 aromatic rings. The van der Waals surface area contributed by atoms with Crippen LogP contribution in [0.2, 0.25) is 0 Å². The molecule has 0 saturated carbocycles. The van der Waals surface area contributed by atoms with Crippen molar-refractivity contribution >= 4 is 15.9 Å². The Bertz CT molecular complexity index is 1030. The zero-order chi connectivity index (χ0) is 20.7. The normalized spacial score (nSPS) is 11.2. The Hall–Kier alpha value is -2.96. The van der Waals surface area contributed by atoms with E-state index in [1.54, 1.807) is 17.0 Å². The second-order valence-corrected chi connectivity index (χ2v) is 8.57. The Morgan fingerprint density at radius 2 is 1.38 bits per heavy atom. The standard InChI is InChI=1S/C23H24N2O3S/c1-24-29(27,28)22-14-12-21(13-15-22)23(26)25(18-20-10-6-3-7-11-20)17-16-19-8-4-2-5-9-19/h2-15,24H,16-18H2,1H3. The quantitative estimate of drug-likeness (QED) is 0.621. The lowest BCUT2D eigenvalue weighted by molar-refractivity contribution is 0.0745. The van der Waals surface area contributed by atoms with Crippen LogP contribution in [-0.2, 0) is 23.0 Å². The molecule has 0 aliphatic carbocycles. The van der Waals surface area contributed by atoms with Crippen LogP contribution < -0.4 is 4.72 Å². The van der Waals surface area contributed by atoms with Gasteiger partial charge in [-0.25, -0.2) is 13.1 Å². The summed E-state index contributed by atoms with van der Waals surface area (Å²) >= 11 is 0. The van der Waals surface area contributed by atoms with Gasteiger partial charge in [-0.05, 0) is 48.9 Å². The van der Waals surface area contributed by atoms with E-state index in [0.29, 0.717) is 18.7 Å². The maximum Gasteiger partial charge on any atom is 0.254 e. The molecule has 0 saturated heterocycles. The van der Waals surface area contributed by atoms with Gasteiger partial charge in [0.15, 0.2) is 0 Å².